The van der Waals surface area contributed by atoms with Crippen LogP contribution in [0.1, 0.15) is 98.1 Å². The molecule has 6 atom stereocenters. The molecule has 1 spiro atoms. The van der Waals surface area contributed by atoms with Crippen LogP contribution in [-0.4, -0.2) is 93.5 Å². The Morgan fingerprint density at radius 1 is 1.18 bits per heavy atom. The second kappa shape index (κ2) is 11.4. The topological polar surface area (TPSA) is 194 Å². The highest BCUT2D eigenvalue weighted by atomic mass is 32.1. The number of piperidine rings is 1. The zero-order valence-electron chi connectivity index (χ0n) is 28.2. The van der Waals surface area contributed by atoms with E-state index in [0.717, 1.165) is 73.3 Å². The number of aryl methyl sites for hydroxylation is 1. The van der Waals surface area contributed by atoms with Crippen molar-refractivity contribution >= 4 is 41.7 Å². The van der Waals surface area contributed by atoms with Gasteiger partial charge in [-0.15, -0.1) is 11.3 Å². The molecule has 2 aliphatic carbocycles. The molecule has 6 N–H and O–H groups in total. The molecule has 3 aromatic rings. The predicted molar refractivity (Wildman–Crippen MR) is 186 cm³/mol. The van der Waals surface area contributed by atoms with Crippen molar-refractivity contribution in [3.63, 3.8) is 0 Å². The molecule has 49 heavy (non-hydrogen) atoms. The van der Waals surface area contributed by atoms with Crippen LogP contribution in [-0.2, 0) is 23.0 Å². The molecule has 256 valence electrons. The maximum atomic E-state index is 11.4. The highest BCUT2D eigenvalue weighted by molar-refractivity contribution is 7.16. The van der Waals surface area contributed by atoms with Crippen molar-refractivity contribution in [2.75, 3.05) is 36.1 Å². The third-order valence-corrected chi connectivity index (χ3v) is 12.6. The fourth-order valence-corrected chi connectivity index (χ4v) is 10.4. The summed E-state index contributed by atoms with van der Waals surface area (Å²) in [6.45, 7) is 4.94. The van der Waals surface area contributed by atoms with E-state index in [1.807, 2.05) is 0 Å². The molecule has 0 aromatic carbocycles. The second-order valence-corrected chi connectivity index (χ2v) is 16.1. The van der Waals surface area contributed by atoms with Crippen LogP contribution in [0.2, 0.25) is 0 Å². The number of thiophene rings is 1. The normalized spacial score (nSPS) is 31.6. The first-order valence-electron chi connectivity index (χ1n) is 17.3. The van der Waals surface area contributed by atoms with Gasteiger partial charge in [0.2, 0.25) is 5.90 Å². The SMILES string of the molecule is [B]C1(O)OC(=N)c2c(NC(C)C3CCCN3C)nc(-c3noc4c3CCCC43CCCc4sc(N)c(C#N)c43)nc2N2CC(C)(O)CCC21. The van der Waals surface area contributed by atoms with Gasteiger partial charge < -0.3 is 40.3 Å². The molecule has 5 aliphatic rings. The fourth-order valence-electron chi connectivity index (χ4n) is 9.27. The Morgan fingerprint density at radius 2 is 1.96 bits per heavy atom. The second-order valence-electron chi connectivity index (χ2n) is 15.0. The van der Waals surface area contributed by atoms with Crippen LogP contribution in [0.15, 0.2) is 4.52 Å². The maximum Gasteiger partial charge on any atom is 0.222 e. The number of likely N-dealkylation sites (N-methyl/N-ethyl adjacent to an activating group) is 1. The molecule has 0 bridgehead atoms. The summed E-state index contributed by atoms with van der Waals surface area (Å²) in [6, 6.07) is 1.77. The lowest BCUT2D eigenvalue weighted by Gasteiger charge is -2.47. The largest absolute Gasteiger partial charge is 0.453 e. The van der Waals surface area contributed by atoms with E-state index in [2.05, 4.69) is 35.4 Å². The quantitative estimate of drug-likeness (QED) is 0.252. The van der Waals surface area contributed by atoms with Gasteiger partial charge in [-0.3, -0.25) is 5.41 Å². The predicted octanol–water partition coefficient (Wildman–Crippen LogP) is 3.39. The Bertz CT molecular complexity index is 1880. The minimum Gasteiger partial charge on any atom is -0.453 e. The monoisotopic (exact) mass is 683 g/mol. The van der Waals surface area contributed by atoms with Crippen molar-refractivity contribution in [2.24, 2.45) is 0 Å². The van der Waals surface area contributed by atoms with E-state index in [-0.39, 0.29) is 30.1 Å². The van der Waals surface area contributed by atoms with Crippen LogP contribution in [0.3, 0.4) is 0 Å². The van der Waals surface area contributed by atoms with Crippen LogP contribution in [0.4, 0.5) is 16.6 Å². The molecular weight excluding hydrogens is 641 g/mol. The molecule has 6 unspecified atom stereocenters. The number of nitrogens with one attached hydrogen (secondary N) is 2. The summed E-state index contributed by atoms with van der Waals surface area (Å²) >= 11 is 1.50. The molecule has 2 saturated heterocycles. The van der Waals surface area contributed by atoms with E-state index in [1.165, 1.54) is 11.3 Å². The molecule has 2 radical (unpaired) electrons. The highest BCUT2D eigenvalue weighted by Gasteiger charge is 2.51. The van der Waals surface area contributed by atoms with E-state index in [4.69, 9.17) is 38.2 Å². The number of nitrogens with zero attached hydrogens (tertiary/aromatic N) is 6. The van der Waals surface area contributed by atoms with Crippen molar-refractivity contribution in [1.82, 2.24) is 20.0 Å². The Morgan fingerprint density at radius 3 is 2.69 bits per heavy atom. The molecule has 15 heteroatoms. The summed E-state index contributed by atoms with van der Waals surface area (Å²) in [5.74, 6) is 1.37. The van der Waals surface area contributed by atoms with Crippen LogP contribution in [0, 0.1) is 16.7 Å². The number of likely N-dealkylation sites (tertiary alicyclic amines) is 1. The Labute approximate surface area is 290 Å². The number of hydrogen-bond acceptors (Lipinski definition) is 14. The van der Waals surface area contributed by atoms with Gasteiger partial charge >= 0.3 is 0 Å². The van der Waals surface area contributed by atoms with Gasteiger partial charge in [0.25, 0.3) is 0 Å². The number of nitrogens with two attached hydrogens (primary N) is 1. The summed E-state index contributed by atoms with van der Waals surface area (Å²) < 4.78 is 12.1. The molecule has 13 nitrogen and oxygen atoms in total. The van der Waals surface area contributed by atoms with Crippen LogP contribution < -0.4 is 16.0 Å². The standard InChI is InChI=1S/C34H42BN9O4S/c1-17(20-8-6-14-43(20)3)39-29-23-27(37)47-34(35,46)22-10-13-32(2,45)16-44(22)31(23)41-30(40-29)25-18-7-4-11-33(26(18)48-42-25)12-5-9-21-24(33)19(15-36)28(38)49-21/h17,20,22,37,45-46H,4-14,16,38H2,1-3H3,(H,39,40,41). The number of nitriles is 1. The summed E-state index contributed by atoms with van der Waals surface area (Å²) in [7, 11) is 8.47. The van der Waals surface area contributed by atoms with Gasteiger partial charge in [-0.05, 0) is 97.2 Å². The minimum atomic E-state index is -2.21. The first kappa shape index (κ1) is 32.5. The summed E-state index contributed by atoms with van der Waals surface area (Å²) in [6.07, 6.45) is 7.82. The smallest absolute Gasteiger partial charge is 0.222 e. The number of aromatic nitrogens is 3. The lowest BCUT2D eigenvalue weighted by molar-refractivity contribution is -0.105. The first-order valence-corrected chi connectivity index (χ1v) is 18.1. The molecular formula is C34H42BN9O4S. The zero-order chi connectivity index (χ0) is 34.5. The molecule has 6 heterocycles. The fraction of sp³-hybridized carbons (Fsp3) is 0.618. The number of anilines is 3. The molecule has 3 aliphatic heterocycles. The molecule has 8 rings (SSSR count). The third kappa shape index (κ3) is 5.05. The maximum absolute atomic E-state index is 11.4. The van der Waals surface area contributed by atoms with Crippen molar-refractivity contribution in [1.29, 1.82) is 10.7 Å². The van der Waals surface area contributed by atoms with Crippen LogP contribution in [0.25, 0.3) is 11.5 Å². The average Bonchev–Trinajstić information content (AvgIpc) is 3.75. The highest BCUT2D eigenvalue weighted by Crippen LogP contribution is 2.55. The summed E-state index contributed by atoms with van der Waals surface area (Å²) in [4.78, 5) is 15.3. The van der Waals surface area contributed by atoms with E-state index in [0.29, 0.717) is 53.0 Å². The van der Waals surface area contributed by atoms with E-state index in [9.17, 15) is 15.5 Å². The van der Waals surface area contributed by atoms with Crippen molar-refractivity contribution < 1.29 is 19.5 Å². The molecule has 3 aromatic heterocycles. The Kier molecular flexibility index (Phi) is 7.57. The molecule has 2 fully saturated rings. The number of nitrogen functional groups attached to an aromatic ring is 1. The third-order valence-electron chi connectivity index (χ3n) is 11.6. The molecule has 0 saturated carbocycles. The van der Waals surface area contributed by atoms with Crippen LogP contribution in [0.5, 0.6) is 0 Å². The number of ether oxygens (including phenoxy) is 1. The van der Waals surface area contributed by atoms with Crippen molar-refractivity contribution in [3.05, 3.63) is 32.9 Å². The van der Waals surface area contributed by atoms with Crippen LogP contribution >= 0.6 is 11.3 Å². The van der Waals surface area contributed by atoms with Crippen molar-refractivity contribution in [2.45, 2.75) is 113 Å². The van der Waals surface area contributed by atoms with E-state index in [1.54, 1.807) is 11.8 Å². The van der Waals surface area contributed by atoms with Gasteiger partial charge in [-0.25, -0.2) is 9.97 Å². The van der Waals surface area contributed by atoms with Crippen molar-refractivity contribution in [3.8, 4) is 17.6 Å². The van der Waals surface area contributed by atoms with Gasteiger partial charge in [0.15, 0.2) is 30.8 Å². The Balaban J connectivity index is 1.31. The summed E-state index contributed by atoms with van der Waals surface area (Å²) in [5, 5.41) is 50.6. The van der Waals surface area contributed by atoms with Gasteiger partial charge in [0.1, 0.15) is 28.3 Å². The molecule has 0 amide bonds. The zero-order valence-corrected chi connectivity index (χ0v) is 29.0. The van der Waals surface area contributed by atoms with Gasteiger partial charge in [0.05, 0.1) is 22.6 Å². The van der Waals surface area contributed by atoms with E-state index >= 15 is 0 Å². The number of rotatable bonds is 4. The Hall–Kier alpha value is -3.71. The minimum absolute atomic E-state index is 0.0592. The van der Waals surface area contributed by atoms with E-state index < -0.39 is 22.7 Å². The van der Waals surface area contributed by atoms with Gasteiger partial charge in [-0.2, -0.15) is 5.26 Å². The number of aliphatic hydroxyl groups is 2. The number of hydrogen-bond donors (Lipinski definition) is 5. The van der Waals surface area contributed by atoms with Gasteiger partial charge in [0, 0.05) is 29.1 Å². The summed E-state index contributed by atoms with van der Waals surface area (Å²) in [5.41, 5.74) is 5.74. The first-order chi connectivity index (χ1) is 23.3. The number of fused-ring (bicyclic) bond motifs is 7. The lowest BCUT2D eigenvalue weighted by Crippen LogP contribution is -2.61. The average molecular weight is 684 g/mol. The lowest BCUT2D eigenvalue weighted by atomic mass is 9.63. The van der Waals surface area contributed by atoms with Gasteiger partial charge in [-0.1, -0.05) is 5.16 Å².